The van der Waals surface area contributed by atoms with Crippen molar-refractivity contribution in [3.05, 3.63) is 48.0 Å². The van der Waals surface area contributed by atoms with Crippen molar-refractivity contribution in [1.29, 1.82) is 0 Å². The number of hydrogen-bond acceptors (Lipinski definition) is 3. The van der Waals surface area contributed by atoms with Crippen LogP contribution in [0, 0.1) is 6.92 Å². The van der Waals surface area contributed by atoms with Crippen molar-refractivity contribution < 1.29 is 4.79 Å². The summed E-state index contributed by atoms with van der Waals surface area (Å²) in [5.74, 6) is -0.0265. The molecule has 0 atom stereocenters. The molecule has 0 radical (unpaired) electrons. The van der Waals surface area contributed by atoms with Crippen molar-refractivity contribution in [3.63, 3.8) is 0 Å². The number of benzene rings is 1. The number of carbonyl (C=O) groups excluding carboxylic acids is 1. The SMILES string of the molecule is CNc1ccc(C(=O)NCCCn2ccnc2)cc1C. The van der Waals surface area contributed by atoms with E-state index in [2.05, 4.69) is 15.6 Å². The highest BCUT2D eigenvalue weighted by atomic mass is 16.1. The Morgan fingerprint density at radius 3 is 2.90 bits per heavy atom. The molecule has 0 unspecified atom stereocenters. The zero-order valence-corrected chi connectivity index (χ0v) is 11.9. The quantitative estimate of drug-likeness (QED) is 0.791. The molecule has 0 aliphatic carbocycles. The number of hydrogen-bond donors (Lipinski definition) is 2. The van der Waals surface area contributed by atoms with Gasteiger partial charge in [-0.3, -0.25) is 4.79 Å². The maximum absolute atomic E-state index is 12.0. The van der Waals surface area contributed by atoms with Gasteiger partial charge in [-0.15, -0.1) is 0 Å². The fourth-order valence-corrected chi connectivity index (χ4v) is 2.07. The lowest BCUT2D eigenvalue weighted by Gasteiger charge is -2.09. The Morgan fingerprint density at radius 2 is 2.25 bits per heavy atom. The van der Waals surface area contributed by atoms with Gasteiger partial charge >= 0.3 is 0 Å². The van der Waals surface area contributed by atoms with Crippen molar-refractivity contribution in [1.82, 2.24) is 14.9 Å². The number of amides is 1. The molecule has 0 aliphatic heterocycles. The number of nitrogens with zero attached hydrogens (tertiary/aromatic N) is 2. The summed E-state index contributed by atoms with van der Waals surface area (Å²) in [5, 5.41) is 6.02. The third kappa shape index (κ3) is 3.60. The average molecular weight is 272 g/mol. The summed E-state index contributed by atoms with van der Waals surface area (Å²) >= 11 is 0. The molecule has 0 saturated heterocycles. The Balaban J connectivity index is 1.81. The Kier molecular flexibility index (Phi) is 4.76. The van der Waals surface area contributed by atoms with Gasteiger partial charge in [-0.05, 0) is 37.1 Å². The Bertz CT molecular complexity index is 563. The van der Waals surface area contributed by atoms with Crippen LogP contribution >= 0.6 is 0 Å². The van der Waals surface area contributed by atoms with Crippen LogP contribution in [0.1, 0.15) is 22.3 Å². The van der Waals surface area contributed by atoms with Gasteiger partial charge in [0.15, 0.2) is 0 Å². The number of carbonyl (C=O) groups is 1. The first-order valence-corrected chi connectivity index (χ1v) is 6.73. The van der Waals surface area contributed by atoms with Crippen LogP contribution in [0.2, 0.25) is 0 Å². The number of anilines is 1. The Hall–Kier alpha value is -2.30. The van der Waals surface area contributed by atoms with Crippen molar-refractivity contribution in [2.75, 3.05) is 18.9 Å². The maximum Gasteiger partial charge on any atom is 0.251 e. The Morgan fingerprint density at radius 1 is 1.40 bits per heavy atom. The second kappa shape index (κ2) is 6.75. The first-order chi connectivity index (χ1) is 9.70. The maximum atomic E-state index is 12.0. The average Bonchev–Trinajstić information content (AvgIpc) is 2.96. The number of aromatic nitrogens is 2. The molecule has 2 aromatic rings. The monoisotopic (exact) mass is 272 g/mol. The zero-order valence-electron chi connectivity index (χ0n) is 11.9. The predicted octanol–water partition coefficient (Wildman–Crippen LogP) is 2.05. The second-order valence-electron chi connectivity index (χ2n) is 4.69. The summed E-state index contributed by atoms with van der Waals surface area (Å²) in [6.07, 6.45) is 6.34. The van der Waals surface area contributed by atoms with E-state index in [-0.39, 0.29) is 5.91 Å². The van der Waals surface area contributed by atoms with Gasteiger partial charge in [-0.2, -0.15) is 0 Å². The third-order valence-corrected chi connectivity index (χ3v) is 3.20. The normalized spacial score (nSPS) is 10.3. The molecule has 1 aromatic heterocycles. The fourth-order valence-electron chi connectivity index (χ4n) is 2.07. The molecule has 0 saturated carbocycles. The number of rotatable bonds is 6. The standard InChI is InChI=1S/C15H20N4O/c1-12-10-13(4-5-14(12)16-2)15(20)18-6-3-8-19-9-7-17-11-19/h4-5,7,9-11,16H,3,6,8H2,1-2H3,(H,18,20). The van der Waals surface area contributed by atoms with Crippen LogP contribution in [0.15, 0.2) is 36.9 Å². The van der Waals surface area contributed by atoms with E-state index in [1.165, 1.54) is 0 Å². The first kappa shape index (κ1) is 14.1. The summed E-state index contributed by atoms with van der Waals surface area (Å²) in [7, 11) is 1.87. The molecule has 0 fully saturated rings. The van der Waals surface area contributed by atoms with Gasteiger partial charge in [-0.1, -0.05) is 0 Å². The third-order valence-electron chi connectivity index (χ3n) is 3.20. The summed E-state index contributed by atoms with van der Waals surface area (Å²) in [4.78, 5) is 16.0. The van der Waals surface area contributed by atoms with Gasteiger partial charge in [0, 0.05) is 43.8 Å². The smallest absolute Gasteiger partial charge is 0.251 e. The van der Waals surface area contributed by atoms with Crippen LogP contribution < -0.4 is 10.6 Å². The topological polar surface area (TPSA) is 59.0 Å². The fraction of sp³-hybridized carbons (Fsp3) is 0.333. The molecule has 0 aliphatic rings. The molecular weight excluding hydrogens is 252 g/mol. The number of nitrogens with one attached hydrogen (secondary N) is 2. The lowest BCUT2D eigenvalue weighted by molar-refractivity contribution is 0.0952. The molecule has 2 rings (SSSR count). The zero-order chi connectivity index (χ0) is 14.4. The van der Waals surface area contributed by atoms with Gasteiger partial charge in [0.1, 0.15) is 0 Å². The lowest BCUT2D eigenvalue weighted by atomic mass is 10.1. The van der Waals surface area contributed by atoms with Crippen LogP contribution in [0.3, 0.4) is 0 Å². The van der Waals surface area contributed by atoms with Gasteiger partial charge in [0.2, 0.25) is 0 Å². The first-order valence-electron chi connectivity index (χ1n) is 6.73. The molecule has 1 aromatic carbocycles. The van der Waals surface area contributed by atoms with Crippen LogP contribution in [0.4, 0.5) is 5.69 Å². The van der Waals surface area contributed by atoms with Gasteiger partial charge in [-0.25, -0.2) is 4.98 Å². The minimum atomic E-state index is -0.0265. The molecule has 5 heteroatoms. The van der Waals surface area contributed by atoms with Crippen molar-refractivity contribution in [2.45, 2.75) is 19.9 Å². The number of imidazole rings is 1. The molecule has 20 heavy (non-hydrogen) atoms. The van der Waals surface area contributed by atoms with E-state index in [9.17, 15) is 4.79 Å². The molecule has 106 valence electrons. The highest BCUT2D eigenvalue weighted by Gasteiger charge is 2.06. The minimum Gasteiger partial charge on any atom is -0.388 e. The largest absolute Gasteiger partial charge is 0.388 e. The molecule has 5 nitrogen and oxygen atoms in total. The van der Waals surface area contributed by atoms with E-state index in [0.717, 1.165) is 24.2 Å². The van der Waals surface area contributed by atoms with E-state index >= 15 is 0 Å². The molecule has 0 bridgehead atoms. The van der Waals surface area contributed by atoms with Crippen LogP contribution in [0.5, 0.6) is 0 Å². The van der Waals surface area contributed by atoms with Crippen molar-refractivity contribution >= 4 is 11.6 Å². The van der Waals surface area contributed by atoms with Gasteiger partial charge in [0.05, 0.1) is 6.33 Å². The van der Waals surface area contributed by atoms with Crippen molar-refractivity contribution in [3.8, 4) is 0 Å². The molecule has 0 spiro atoms. The molecular formula is C15H20N4O. The van der Waals surface area contributed by atoms with E-state index < -0.39 is 0 Å². The summed E-state index contributed by atoms with van der Waals surface area (Å²) in [6.45, 7) is 3.50. The van der Waals surface area contributed by atoms with Crippen LogP contribution in [0.25, 0.3) is 0 Å². The van der Waals surface area contributed by atoms with E-state index in [0.29, 0.717) is 12.1 Å². The highest BCUT2D eigenvalue weighted by molar-refractivity contribution is 5.94. The predicted molar refractivity (Wildman–Crippen MR) is 79.9 cm³/mol. The molecule has 1 amide bonds. The minimum absolute atomic E-state index is 0.0265. The highest BCUT2D eigenvalue weighted by Crippen LogP contribution is 2.15. The molecule has 1 heterocycles. The van der Waals surface area contributed by atoms with E-state index in [4.69, 9.17) is 0 Å². The van der Waals surface area contributed by atoms with E-state index in [1.807, 2.05) is 42.9 Å². The van der Waals surface area contributed by atoms with Gasteiger partial charge < -0.3 is 15.2 Å². The van der Waals surface area contributed by atoms with Crippen LogP contribution in [-0.4, -0.2) is 29.1 Å². The second-order valence-corrected chi connectivity index (χ2v) is 4.69. The number of aryl methyl sites for hydroxylation is 2. The summed E-state index contributed by atoms with van der Waals surface area (Å²) < 4.78 is 2.00. The molecule has 2 N–H and O–H groups in total. The summed E-state index contributed by atoms with van der Waals surface area (Å²) in [6, 6.07) is 5.66. The summed E-state index contributed by atoms with van der Waals surface area (Å²) in [5.41, 5.74) is 2.81. The van der Waals surface area contributed by atoms with Gasteiger partial charge in [0.25, 0.3) is 5.91 Å². The van der Waals surface area contributed by atoms with Crippen LogP contribution in [-0.2, 0) is 6.54 Å². The van der Waals surface area contributed by atoms with Crippen molar-refractivity contribution in [2.24, 2.45) is 0 Å². The van der Waals surface area contributed by atoms with E-state index in [1.54, 1.807) is 12.5 Å². The lowest BCUT2D eigenvalue weighted by Crippen LogP contribution is -2.25. The Labute approximate surface area is 119 Å².